The number of ether oxygens (including phenoxy) is 1. The molecule has 1 heterocycles. The minimum absolute atomic E-state index is 0.413. The highest BCUT2D eigenvalue weighted by molar-refractivity contribution is 7.28. The van der Waals surface area contributed by atoms with Crippen LogP contribution >= 0.6 is 9.24 Å². The predicted molar refractivity (Wildman–Crippen MR) is 64.9 cm³/mol. The second-order valence-electron chi connectivity index (χ2n) is 2.69. The van der Waals surface area contributed by atoms with Crippen molar-refractivity contribution in [3.63, 3.8) is 0 Å². The number of hydrazone groups is 1. The van der Waals surface area contributed by atoms with Crippen molar-refractivity contribution in [1.29, 1.82) is 0 Å². The van der Waals surface area contributed by atoms with Crippen molar-refractivity contribution in [3.05, 3.63) is 6.20 Å². The summed E-state index contributed by atoms with van der Waals surface area (Å²) in [6.45, 7) is 4.61. The Bertz CT molecular complexity index is 333. The number of methoxy groups -OCH3 is 1. The molecule has 0 aromatic carbocycles. The van der Waals surface area contributed by atoms with E-state index in [0.29, 0.717) is 19.1 Å². The molecule has 6 nitrogen and oxygen atoms in total. The van der Waals surface area contributed by atoms with Crippen LogP contribution in [-0.4, -0.2) is 36.9 Å². The van der Waals surface area contributed by atoms with Crippen molar-refractivity contribution in [3.8, 4) is 0 Å². The van der Waals surface area contributed by atoms with Gasteiger partial charge in [-0.3, -0.25) is 0 Å². The van der Waals surface area contributed by atoms with Gasteiger partial charge in [0.15, 0.2) is 0 Å². The molecule has 0 amide bonds. The Kier molecular flexibility index (Phi) is 4.93. The Hall–Kier alpha value is -1.26. The minimum Gasteiger partial charge on any atom is -0.383 e. The molecule has 0 aliphatic carbocycles. The van der Waals surface area contributed by atoms with E-state index in [1.807, 2.05) is 0 Å². The smallest absolute Gasteiger partial charge is 0.245 e. The third-order valence-corrected chi connectivity index (χ3v) is 2.02. The summed E-state index contributed by atoms with van der Waals surface area (Å²) in [6, 6.07) is 0. The monoisotopic (exact) mass is 227 g/mol. The first-order valence-electron chi connectivity index (χ1n) is 4.35. The third-order valence-electron chi connectivity index (χ3n) is 1.59. The quantitative estimate of drug-likeness (QED) is 0.311. The molecule has 1 aromatic heterocycles. The van der Waals surface area contributed by atoms with Crippen molar-refractivity contribution < 1.29 is 4.74 Å². The molecule has 0 saturated heterocycles. The highest BCUT2D eigenvalue weighted by Gasteiger charge is 2.02. The molecule has 0 fully saturated rings. The number of nitrogens with zero attached hydrogens (tertiary/aromatic N) is 3. The fourth-order valence-electron chi connectivity index (χ4n) is 0.929. The topological polar surface area (TPSA) is 71.4 Å². The zero-order valence-electron chi connectivity index (χ0n) is 8.53. The van der Waals surface area contributed by atoms with Gasteiger partial charge < -0.3 is 10.1 Å². The van der Waals surface area contributed by atoms with Crippen LogP contribution < -0.4 is 16.0 Å². The van der Waals surface area contributed by atoms with Gasteiger partial charge in [-0.2, -0.15) is 10.1 Å². The number of nitrogens with one attached hydrogen (secondary N) is 2. The maximum Gasteiger partial charge on any atom is 0.245 e. The van der Waals surface area contributed by atoms with Gasteiger partial charge in [-0.15, -0.1) is 0 Å². The predicted octanol–water partition coefficient (Wildman–Crippen LogP) is 0.0628. The summed E-state index contributed by atoms with van der Waals surface area (Å²) in [5.41, 5.74) is 2.58. The maximum absolute atomic E-state index is 4.92. The van der Waals surface area contributed by atoms with Crippen LogP contribution in [0.15, 0.2) is 11.3 Å². The van der Waals surface area contributed by atoms with E-state index >= 15 is 0 Å². The van der Waals surface area contributed by atoms with Gasteiger partial charge in [-0.05, 0) is 0 Å². The lowest BCUT2D eigenvalue weighted by molar-refractivity contribution is 0.210. The van der Waals surface area contributed by atoms with E-state index < -0.39 is 0 Å². The van der Waals surface area contributed by atoms with Gasteiger partial charge in [-0.1, -0.05) is 9.24 Å². The van der Waals surface area contributed by atoms with Gasteiger partial charge in [0.25, 0.3) is 0 Å². The van der Waals surface area contributed by atoms with Gasteiger partial charge in [0.2, 0.25) is 5.95 Å². The molecule has 0 radical (unpaired) electrons. The second-order valence-corrected chi connectivity index (χ2v) is 3.31. The summed E-state index contributed by atoms with van der Waals surface area (Å²) >= 11 is 0. The molecular weight excluding hydrogens is 213 g/mol. The van der Waals surface area contributed by atoms with Crippen LogP contribution in [0.25, 0.3) is 0 Å². The lowest BCUT2D eigenvalue weighted by atomic mass is 10.5. The standard InChI is InChI=1S/C8H14N5OP/c1-9-13-8-11-5-6(15)7(12-8)10-3-4-14-2/h5H,1,3-4,15H2,2H3,(H2,10,11,12,13). The first-order chi connectivity index (χ1) is 7.27. The Morgan fingerprint density at radius 3 is 3.13 bits per heavy atom. The van der Waals surface area contributed by atoms with E-state index in [1.54, 1.807) is 13.3 Å². The molecule has 0 aliphatic rings. The molecule has 7 heteroatoms. The van der Waals surface area contributed by atoms with Gasteiger partial charge in [0.05, 0.1) is 6.61 Å². The van der Waals surface area contributed by atoms with Crippen molar-refractivity contribution in [2.24, 2.45) is 5.10 Å². The highest BCUT2D eigenvalue weighted by Crippen LogP contribution is 2.06. The van der Waals surface area contributed by atoms with Crippen molar-refractivity contribution in [2.45, 2.75) is 0 Å². The first kappa shape index (κ1) is 11.8. The molecule has 1 aromatic rings. The maximum atomic E-state index is 4.92. The van der Waals surface area contributed by atoms with E-state index in [4.69, 9.17) is 4.74 Å². The first-order valence-corrected chi connectivity index (χ1v) is 4.92. The molecule has 0 bridgehead atoms. The molecular formula is C8H14N5OP. The summed E-state index contributed by atoms with van der Waals surface area (Å²) in [5, 5.41) is 7.49. The summed E-state index contributed by atoms with van der Waals surface area (Å²) < 4.78 is 4.92. The molecule has 82 valence electrons. The highest BCUT2D eigenvalue weighted by atomic mass is 31.0. The van der Waals surface area contributed by atoms with Crippen LogP contribution in [-0.2, 0) is 4.74 Å². The average molecular weight is 227 g/mol. The van der Waals surface area contributed by atoms with Crippen LogP contribution in [0.3, 0.4) is 0 Å². The summed E-state index contributed by atoms with van der Waals surface area (Å²) in [4.78, 5) is 8.20. The molecule has 1 unspecified atom stereocenters. The molecule has 1 atom stereocenters. The number of anilines is 2. The number of rotatable bonds is 6. The molecule has 0 saturated carbocycles. The Morgan fingerprint density at radius 2 is 2.47 bits per heavy atom. The average Bonchev–Trinajstić information content (AvgIpc) is 2.23. The van der Waals surface area contributed by atoms with Crippen LogP contribution in [0.2, 0.25) is 0 Å². The Labute approximate surface area is 90.7 Å². The van der Waals surface area contributed by atoms with Crippen LogP contribution in [0.1, 0.15) is 0 Å². The van der Waals surface area contributed by atoms with Gasteiger partial charge >= 0.3 is 0 Å². The fourth-order valence-corrected chi connectivity index (χ4v) is 1.17. The molecule has 0 aliphatic heterocycles. The summed E-state index contributed by atoms with van der Waals surface area (Å²) in [5.74, 6) is 1.15. The van der Waals surface area contributed by atoms with Crippen molar-refractivity contribution in [2.75, 3.05) is 31.0 Å². The van der Waals surface area contributed by atoms with Gasteiger partial charge in [0.1, 0.15) is 5.82 Å². The lowest BCUT2D eigenvalue weighted by Gasteiger charge is -2.08. The largest absolute Gasteiger partial charge is 0.383 e. The number of hydrogen-bond donors (Lipinski definition) is 2. The van der Waals surface area contributed by atoms with E-state index in [9.17, 15) is 0 Å². The number of aromatic nitrogens is 2. The summed E-state index contributed by atoms with van der Waals surface area (Å²) in [7, 11) is 4.20. The van der Waals surface area contributed by atoms with Crippen molar-refractivity contribution in [1.82, 2.24) is 9.97 Å². The normalized spacial score (nSPS) is 9.73. The lowest BCUT2D eigenvalue weighted by Crippen LogP contribution is -2.15. The molecule has 15 heavy (non-hydrogen) atoms. The van der Waals surface area contributed by atoms with E-state index in [1.165, 1.54) is 0 Å². The summed E-state index contributed by atoms with van der Waals surface area (Å²) in [6.07, 6.45) is 1.68. The zero-order chi connectivity index (χ0) is 11.1. The molecule has 0 spiro atoms. The SMILES string of the molecule is C=NNc1ncc(P)c(NCCOC)n1. The van der Waals surface area contributed by atoms with Crippen LogP contribution in [0, 0.1) is 0 Å². The van der Waals surface area contributed by atoms with Gasteiger partial charge in [0, 0.05) is 31.9 Å². The zero-order valence-corrected chi connectivity index (χ0v) is 9.68. The molecule has 2 N–H and O–H groups in total. The van der Waals surface area contributed by atoms with E-state index in [-0.39, 0.29) is 0 Å². The van der Waals surface area contributed by atoms with E-state index in [0.717, 1.165) is 11.1 Å². The number of hydrogen-bond acceptors (Lipinski definition) is 6. The minimum atomic E-state index is 0.413. The molecule has 1 rings (SSSR count). The van der Waals surface area contributed by atoms with Crippen LogP contribution in [0.4, 0.5) is 11.8 Å². The Balaban J connectivity index is 2.67. The van der Waals surface area contributed by atoms with Crippen molar-refractivity contribution >= 4 is 33.0 Å². The van der Waals surface area contributed by atoms with Crippen LogP contribution in [0.5, 0.6) is 0 Å². The van der Waals surface area contributed by atoms with E-state index in [2.05, 4.69) is 41.8 Å². The second kappa shape index (κ2) is 6.27. The fraction of sp³-hybridized carbons (Fsp3) is 0.375. The third kappa shape index (κ3) is 3.77. The van der Waals surface area contributed by atoms with Gasteiger partial charge in [-0.25, -0.2) is 10.4 Å². The Morgan fingerprint density at radius 1 is 1.67 bits per heavy atom.